The molecule has 0 aromatic heterocycles. The van der Waals surface area contributed by atoms with Crippen molar-refractivity contribution in [2.24, 2.45) is 0 Å². The van der Waals surface area contributed by atoms with Crippen molar-refractivity contribution in [3.05, 3.63) is 46.0 Å². The molecule has 0 fully saturated rings. The second kappa shape index (κ2) is 5.17. The van der Waals surface area contributed by atoms with E-state index >= 15 is 0 Å². The van der Waals surface area contributed by atoms with Crippen molar-refractivity contribution in [1.82, 2.24) is 0 Å². The number of hydrogen-bond acceptors (Lipinski definition) is 2. The fraction of sp³-hybridized carbons (Fsp3) is 0.273. The molecule has 14 heavy (non-hydrogen) atoms. The minimum Gasteiger partial charge on any atom is -0.258 e. The quantitative estimate of drug-likeness (QED) is 0.540. The number of rotatable bonds is 4. The lowest BCUT2D eigenvalue weighted by Gasteiger charge is -1.95. The molecule has 0 saturated carbocycles. The molecule has 0 bridgehead atoms. The number of nitrogens with zero attached hydrogens (tertiary/aromatic N) is 1. The van der Waals surface area contributed by atoms with Crippen molar-refractivity contribution in [3.8, 4) is 0 Å². The lowest BCUT2D eigenvalue weighted by Crippen LogP contribution is -1.90. The summed E-state index contributed by atoms with van der Waals surface area (Å²) in [6, 6.07) is 6.75. The number of unbranched alkanes of at least 4 members (excludes halogenated alkanes) is 1. The summed E-state index contributed by atoms with van der Waals surface area (Å²) in [5, 5.41) is 10.6. The topological polar surface area (TPSA) is 43.1 Å². The minimum atomic E-state index is -0.356. The van der Waals surface area contributed by atoms with Crippen molar-refractivity contribution in [3.63, 3.8) is 0 Å². The summed E-state index contributed by atoms with van der Waals surface area (Å²) in [6.07, 6.45) is 5.77. The maximum atomic E-state index is 10.6. The van der Waals surface area contributed by atoms with Gasteiger partial charge in [0.15, 0.2) is 0 Å². The van der Waals surface area contributed by atoms with Crippen LogP contribution in [0.1, 0.15) is 25.3 Å². The van der Waals surface area contributed by atoms with Gasteiger partial charge in [-0.2, -0.15) is 0 Å². The molecule has 0 aliphatic rings. The molecule has 0 aliphatic heterocycles. The average molecular weight is 191 g/mol. The Hall–Kier alpha value is -1.64. The average Bonchev–Trinajstić information content (AvgIpc) is 2.19. The van der Waals surface area contributed by atoms with E-state index in [0.29, 0.717) is 5.56 Å². The summed E-state index contributed by atoms with van der Waals surface area (Å²) in [6.45, 7) is 2.07. The van der Waals surface area contributed by atoms with E-state index in [2.05, 4.69) is 6.92 Å². The van der Waals surface area contributed by atoms with Gasteiger partial charge in [0.1, 0.15) is 0 Å². The smallest absolute Gasteiger partial charge is 0.258 e. The van der Waals surface area contributed by atoms with Crippen LogP contribution in [0.2, 0.25) is 0 Å². The van der Waals surface area contributed by atoms with Gasteiger partial charge in [0.05, 0.1) is 10.5 Å². The Morgan fingerprint density at radius 2 is 2.14 bits per heavy atom. The third kappa shape index (κ3) is 2.69. The Bertz CT molecular complexity index is 345. The summed E-state index contributed by atoms with van der Waals surface area (Å²) in [7, 11) is 0. The summed E-state index contributed by atoms with van der Waals surface area (Å²) in [5.74, 6) is 0. The van der Waals surface area contributed by atoms with Gasteiger partial charge in [-0.05, 0) is 12.5 Å². The van der Waals surface area contributed by atoms with Gasteiger partial charge in [-0.3, -0.25) is 10.1 Å². The van der Waals surface area contributed by atoms with Crippen molar-refractivity contribution < 1.29 is 4.92 Å². The molecule has 3 nitrogen and oxygen atoms in total. The van der Waals surface area contributed by atoms with E-state index in [-0.39, 0.29) is 10.6 Å². The van der Waals surface area contributed by atoms with Crippen LogP contribution in [-0.2, 0) is 0 Å². The molecule has 74 valence electrons. The molecule has 0 amide bonds. The Labute approximate surface area is 83.2 Å². The molecule has 0 aliphatic carbocycles. The molecule has 0 saturated heterocycles. The van der Waals surface area contributed by atoms with E-state index in [1.807, 2.05) is 12.2 Å². The monoisotopic (exact) mass is 191 g/mol. The predicted octanol–water partition coefficient (Wildman–Crippen LogP) is 3.41. The first kappa shape index (κ1) is 10.4. The molecule has 0 spiro atoms. The van der Waals surface area contributed by atoms with E-state index in [9.17, 15) is 10.1 Å². The van der Waals surface area contributed by atoms with Gasteiger partial charge in [-0.15, -0.1) is 0 Å². The fourth-order valence-electron chi connectivity index (χ4n) is 1.17. The van der Waals surface area contributed by atoms with Crippen LogP contribution in [0.5, 0.6) is 0 Å². The zero-order valence-corrected chi connectivity index (χ0v) is 8.14. The number of nitro groups is 1. The minimum absolute atomic E-state index is 0.167. The standard InChI is InChI=1S/C11H13NO2/c1-2-3-4-7-10-8-5-6-9-11(10)12(13)14/h4-9H,2-3H2,1H3/b7-4+. The highest BCUT2D eigenvalue weighted by Crippen LogP contribution is 2.19. The first-order valence-electron chi connectivity index (χ1n) is 4.65. The van der Waals surface area contributed by atoms with Gasteiger partial charge in [-0.1, -0.05) is 37.6 Å². The zero-order chi connectivity index (χ0) is 10.4. The SMILES string of the molecule is CCC/C=C/c1ccccc1[N+](=O)[O-]. The Balaban J connectivity index is 2.90. The summed E-state index contributed by atoms with van der Waals surface area (Å²) in [5.41, 5.74) is 0.839. The second-order valence-corrected chi connectivity index (χ2v) is 3.01. The van der Waals surface area contributed by atoms with Gasteiger partial charge < -0.3 is 0 Å². The Morgan fingerprint density at radius 1 is 1.43 bits per heavy atom. The highest BCUT2D eigenvalue weighted by atomic mass is 16.6. The van der Waals surface area contributed by atoms with Crippen molar-refractivity contribution in [2.75, 3.05) is 0 Å². The van der Waals surface area contributed by atoms with E-state index in [0.717, 1.165) is 12.8 Å². The number of para-hydroxylation sites is 1. The molecule has 0 unspecified atom stereocenters. The van der Waals surface area contributed by atoms with Gasteiger partial charge in [-0.25, -0.2) is 0 Å². The summed E-state index contributed by atoms with van der Waals surface area (Å²) < 4.78 is 0. The van der Waals surface area contributed by atoms with Crippen LogP contribution < -0.4 is 0 Å². The van der Waals surface area contributed by atoms with Gasteiger partial charge in [0.2, 0.25) is 0 Å². The largest absolute Gasteiger partial charge is 0.276 e. The zero-order valence-electron chi connectivity index (χ0n) is 8.14. The predicted molar refractivity (Wildman–Crippen MR) is 57.0 cm³/mol. The van der Waals surface area contributed by atoms with Crippen LogP contribution in [0.3, 0.4) is 0 Å². The van der Waals surface area contributed by atoms with Crippen molar-refractivity contribution >= 4 is 11.8 Å². The number of benzene rings is 1. The van der Waals surface area contributed by atoms with Crippen LogP contribution in [0.15, 0.2) is 30.3 Å². The highest BCUT2D eigenvalue weighted by molar-refractivity contribution is 5.60. The Morgan fingerprint density at radius 3 is 2.79 bits per heavy atom. The molecule has 3 heteroatoms. The molecule has 1 aromatic rings. The van der Waals surface area contributed by atoms with Crippen LogP contribution in [0.4, 0.5) is 5.69 Å². The fourth-order valence-corrected chi connectivity index (χ4v) is 1.17. The maximum absolute atomic E-state index is 10.6. The molecule has 0 radical (unpaired) electrons. The van der Waals surface area contributed by atoms with E-state index in [1.165, 1.54) is 6.07 Å². The third-order valence-electron chi connectivity index (χ3n) is 1.89. The number of nitro benzene ring substituents is 1. The lowest BCUT2D eigenvalue weighted by molar-refractivity contribution is -0.385. The van der Waals surface area contributed by atoms with Gasteiger partial charge >= 0.3 is 0 Å². The van der Waals surface area contributed by atoms with E-state index < -0.39 is 0 Å². The van der Waals surface area contributed by atoms with Crippen molar-refractivity contribution in [2.45, 2.75) is 19.8 Å². The molecular weight excluding hydrogens is 178 g/mol. The van der Waals surface area contributed by atoms with Crippen molar-refractivity contribution in [1.29, 1.82) is 0 Å². The second-order valence-electron chi connectivity index (χ2n) is 3.01. The molecular formula is C11H13NO2. The Kier molecular flexibility index (Phi) is 3.85. The number of hydrogen-bond donors (Lipinski definition) is 0. The molecule has 0 N–H and O–H groups in total. The molecule has 1 aromatic carbocycles. The van der Waals surface area contributed by atoms with Gasteiger partial charge in [0, 0.05) is 6.07 Å². The molecule has 1 rings (SSSR count). The third-order valence-corrected chi connectivity index (χ3v) is 1.89. The lowest BCUT2D eigenvalue weighted by atomic mass is 10.1. The van der Waals surface area contributed by atoms with E-state index in [4.69, 9.17) is 0 Å². The van der Waals surface area contributed by atoms with Crippen LogP contribution in [0.25, 0.3) is 6.08 Å². The van der Waals surface area contributed by atoms with E-state index in [1.54, 1.807) is 18.2 Å². The number of allylic oxidation sites excluding steroid dienone is 1. The first-order valence-corrected chi connectivity index (χ1v) is 4.65. The van der Waals surface area contributed by atoms with Crippen LogP contribution >= 0.6 is 0 Å². The molecule has 0 heterocycles. The van der Waals surface area contributed by atoms with Crippen LogP contribution in [-0.4, -0.2) is 4.92 Å². The van der Waals surface area contributed by atoms with Crippen LogP contribution in [0, 0.1) is 10.1 Å². The first-order chi connectivity index (χ1) is 6.75. The van der Waals surface area contributed by atoms with Gasteiger partial charge in [0.25, 0.3) is 5.69 Å². The highest BCUT2D eigenvalue weighted by Gasteiger charge is 2.08. The maximum Gasteiger partial charge on any atom is 0.276 e. The molecule has 0 atom stereocenters. The summed E-state index contributed by atoms with van der Waals surface area (Å²) >= 11 is 0. The summed E-state index contributed by atoms with van der Waals surface area (Å²) in [4.78, 5) is 10.3. The normalized spacial score (nSPS) is 10.6.